The maximum absolute atomic E-state index is 5.83. The summed E-state index contributed by atoms with van der Waals surface area (Å²) in [7, 11) is 0. The van der Waals surface area contributed by atoms with Crippen LogP contribution in [0.1, 0.15) is 13.3 Å². The van der Waals surface area contributed by atoms with Gasteiger partial charge in [-0.1, -0.05) is 22.9 Å². The fourth-order valence-corrected chi connectivity index (χ4v) is 1.93. The van der Waals surface area contributed by atoms with Crippen LogP contribution in [0.15, 0.2) is 22.7 Å². The smallest absolute Gasteiger partial charge is 0.201 e. The molecule has 0 amide bonds. The highest BCUT2D eigenvalue weighted by Crippen LogP contribution is 2.22. The Bertz CT molecular complexity index is 462. The third-order valence-corrected chi connectivity index (χ3v) is 2.68. The molecular formula is C10H12BrN3. The molecule has 0 spiro atoms. The lowest BCUT2D eigenvalue weighted by atomic mass is 10.3. The van der Waals surface area contributed by atoms with Crippen molar-refractivity contribution < 1.29 is 0 Å². The van der Waals surface area contributed by atoms with Crippen molar-refractivity contribution in [2.75, 3.05) is 5.73 Å². The second-order valence-corrected chi connectivity index (χ2v) is 4.17. The summed E-state index contributed by atoms with van der Waals surface area (Å²) in [5.41, 5.74) is 7.88. The molecule has 2 rings (SSSR count). The molecule has 1 heterocycles. The van der Waals surface area contributed by atoms with Gasteiger partial charge < -0.3 is 10.3 Å². The van der Waals surface area contributed by atoms with E-state index in [1.54, 1.807) is 0 Å². The number of rotatable bonds is 2. The first-order chi connectivity index (χ1) is 6.72. The quantitative estimate of drug-likeness (QED) is 0.895. The van der Waals surface area contributed by atoms with Crippen LogP contribution in [0.3, 0.4) is 0 Å². The number of fused-ring (bicyclic) bond motifs is 1. The summed E-state index contributed by atoms with van der Waals surface area (Å²) in [5, 5.41) is 0. The Labute approximate surface area is 91.1 Å². The number of nitrogen functional groups attached to an aromatic ring is 1. The number of hydrogen-bond donors (Lipinski definition) is 1. The summed E-state index contributed by atoms with van der Waals surface area (Å²) >= 11 is 3.42. The normalized spacial score (nSPS) is 11.0. The molecule has 0 unspecified atom stereocenters. The van der Waals surface area contributed by atoms with E-state index in [0.717, 1.165) is 28.5 Å². The van der Waals surface area contributed by atoms with E-state index in [4.69, 9.17) is 5.73 Å². The minimum absolute atomic E-state index is 0.597. The van der Waals surface area contributed by atoms with Crippen LogP contribution < -0.4 is 5.73 Å². The Morgan fingerprint density at radius 3 is 3.00 bits per heavy atom. The van der Waals surface area contributed by atoms with Crippen molar-refractivity contribution in [3.63, 3.8) is 0 Å². The van der Waals surface area contributed by atoms with E-state index in [9.17, 15) is 0 Å². The molecule has 0 aliphatic rings. The molecule has 2 N–H and O–H groups in total. The zero-order valence-corrected chi connectivity index (χ0v) is 9.58. The summed E-state index contributed by atoms with van der Waals surface area (Å²) in [6.45, 7) is 3.05. The lowest BCUT2D eigenvalue weighted by molar-refractivity contribution is 0.707. The number of aryl methyl sites for hydroxylation is 1. The second kappa shape index (κ2) is 3.61. The molecule has 0 saturated heterocycles. The molecule has 0 radical (unpaired) electrons. The fourth-order valence-electron chi connectivity index (χ4n) is 1.58. The van der Waals surface area contributed by atoms with Crippen LogP contribution in [0, 0.1) is 0 Å². The van der Waals surface area contributed by atoms with Crippen LogP contribution in [0.2, 0.25) is 0 Å². The van der Waals surface area contributed by atoms with Crippen molar-refractivity contribution in [2.24, 2.45) is 0 Å². The van der Waals surface area contributed by atoms with Crippen LogP contribution in [0.4, 0.5) is 5.95 Å². The molecule has 0 aliphatic heterocycles. The zero-order chi connectivity index (χ0) is 10.1. The third-order valence-electron chi connectivity index (χ3n) is 2.19. The van der Waals surface area contributed by atoms with Gasteiger partial charge in [0.2, 0.25) is 5.95 Å². The van der Waals surface area contributed by atoms with E-state index in [1.807, 2.05) is 22.8 Å². The largest absolute Gasteiger partial charge is 0.369 e. The van der Waals surface area contributed by atoms with E-state index < -0.39 is 0 Å². The lowest BCUT2D eigenvalue weighted by Gasteiger charge is -2.02. The van der Waals surface area contributed by atoms with Crippen molar-refractivity contribution >= 4 is 32.9 Å². The summed E-state index contributed by atoms with van der Waals surface area (Å²) in [5.74, 6) is 0.597. The lowest BCUT2D eigenvalue weighted by Crippen LogP contribution is -2.02. The maximum atomic E-state index is 5.83. The summed E-state index contributed by atoms with van der Waals surface area (Å²) in [6, 6.07) is 6.03. The van der Waals surface area contributed by atoms with Crippen LogP contribution in [0.5, 0.6) is 0 Å². The Morgan fingerprint density at radius 2 is 2.29 bits per heavy atom. The average molecular weight is 254 g/mol. The molecule has 0 bridgehead atoms. The van der Waals surface area contributed by atoms with Gasteiger partial charge in [0.05, 0.1) is 11.0 Å². The second-order valence-electron chi connectivity index (χ2n) is 3.25. The molecule has 1 aromatic carbocycles. The first-order valence-electron chi connectivity index (χ1n) is 4.63. The number of hydrogen-bond acceptors (Lipinski definition) is 2. The Kier molecular flexibility index (Phi) is 2.46. The zero-order valence-electron chi connectivity index (χ0n) is 8.00. The summed E-state index contributed by atoms with van der Waals surface area (Å²) in [6.07, 6.45) is 1.06. The SMILES string of the molecule is CCCn1c(N)nc2cc(Br)ccc21. The Balaban J connectivity index is 2.64. The maximum Gasteiger partial charge on any atom is 0.201 e. The highest BCUT2D eigenvalue weighted by atomic mass is 79.9. The first-order valence-corrected chi connectivity index (χ1v) is 5.43. The number of nitrogens with two attached hydrogens (primary N) is 1. The van der Waals surface area contributed by atoms with Gasteiger partial charge in [-0.15, -0.1) is 0 Å². The number of anilines is 1. The van der Waals surface area contributed by atoms with Gasteiger partial charge in [0.25, 0.3) is 0 Å². The molecule has 3 nitrogen and oxygen atoms in total. The van der Waals surface area contributed by atoms with Gasteiger partial charge in [0.1, 0.15) is 0 Å². The summed E-state index contributed by atoms with van der Waals surface area (Å²) in [4.78, 5) is 4.30. The van der Waals surface area contributed by atoms with Crippen LogP contribution in [0.25, 0.3) is 11.0 Å². The highest BCUT2D eigenvalue weighted by molar-refractivity contribution is 9.10. The molecule has 0 aliphatic carbocycles. The van der Waals surface area contributed by atoms with Crippen molar-refractivity contribution in [1.82, 2.24) is 9.55 Å². The van der Waals surface area contributed by atoms with Crippen LogP contribution in [-0.2, 0) is 6.54 Å². The predicted molar refractivity (Wildman–Crippen MR) is 62.1 cm³/mol. The van der Waals surface area contributed by atoms with Gasteiger partial charge in [-0.05, 0) is 24.6 Å². The van der Waals surface area contributed by atoms with E-state index in [-0.39, 0.29) is 0 Å². The molecule has 0 fully saturated rings. The van der Waals surface area contributed by atoms with Gasteiger partial charge in [-0.2, -0.15) is 0 Å². The number of nitrogens with zero attached hydrogens (tertiary/aromatic N) is 2. The van der Waals surface area contributed by atoms with Gasteiger partial charge in [0.15, 0.2) is 0 Å². The number of aromatic nitrogens is 2. The van der Waals surface area contributed by atoms with Crippen molar-refractivity contribution in [3.05, 3.63) is 22.7 Å². The monoisotopic (exact) mass is 253 g/mol. The van der Waals surface area contributed by atoms with E-state index in [2.05, 4.69) is 27.8 Å². The van der Waals surface area contributed by atoms with E-state index in [0.29, 0.717) is 5.95 Å². The Hall–Kier alpha value is -1.03. The first kappa shape index (κ1) is 9.52. The minimum atomic E-state index is 0.597. The fraction of sp³-hybridized carbons (Fsp3) is 0.300. The molecule has 0 atom stereocenters. The molecular weight excluding hydrogens is 242 g/mol. The van der Waals surface area contributed by atoms with E-state index >= 15 is 0 Å². The van der Waals surface area contributed by atoms with Crippen LogP contribution >= 0.6 is 15.9 Å². The minimum Gasteiger partial charge on any atom is -0.369 e. The van der Waals surface area contributed by atoms with Gasteiger partial charge >= 0.3 is 0 Å². The molecule has 1 aromatic heterocycles. The molecule has 2 aromatic rings. The standard InChI is InChI=1S/C10H12BrN3/c1-2-5-14-9-4-3-7(11)6-8(9)13-10(14)12/h3-4,6H,2,5H2,1H3,(H2,12,13). The topological polar surface area (TPSA) is 43.8 Å². The van der Waals surface area contributed by atoms with Gasteiger partial charge in [0, 0.05) is 11.0 Å². The van der Waals surface area contributed by atoms with Crippen molar-refractivity contribution in [1.29, 1.82) is 0 Å². The summed E-state index contributed by atoms with van der Waals surface area (Å²) < 4.78 is 3.08. The third kappa shape index (κ3) is 1.50. The van der Waals surface area contributed by atoms with Crippen LogP contribution in [-0.4, -0.2) is 9.55 Å². The number of imidazole rings is 1. The molecule has 14 heavy (non-hydrogen) atoms. The van der Waals surface area contributed by atoms with E-state index in [1.165, 1.54) is 0 Å². The molecule has 4 heteroatoms. The van der Waals surface area contributed by atoms with Crippen molar-refractivity contribution in [2.45, 2.75) is 19.9 Å². The predicted octanol–water partition coefficient (Wildman–Crippen LogP) is 2.79. The number of benzene rings is 1. The van der Waals surface area contributed by atoms with Crippen molar-refractivity contribution in [3.8, 4) is 0 Å². The Morgan fingerprint density at radius 1 is 1.50 bits per heavy atom. The molecule has 74 valence electrons. The molecule has 0 saturated carbocycles. The number of halogens is 1. The highest BCUT2D eigenvalue weighted by Gasteiger charge is 2.06. The average Bonchev–Trinajstić information content (AvgIpc) is 2.43. The van der Waals surface area contributed by atoms with Gasteiger partial charge in [-0.3, -0.25) is 0 Å². The van der Waals surface area contributed by atoms with Gasteiger partial charge in [-0.25, -0.2) is 4.98 Å².